The van der Waals surface area contributed by atoms with Gasteiger partial charge in [-0.3, -0.25) is 4.79 Å². The van der Waals surface area contributed by atoms with Gasteiger partial charge >= 0.3 is 5.97 Å². The standard InChI is InChI=1S/C20H23N3O3S/c1-11-7-9-14(10-8-11)16-15(19(25)26-6)12(2)21-20-23(16)13(3)17(27-20)18(24)22(4)5/h7-10,16H,1-6H3/t16-/m0/s1. The Morgan fingerprint density at radius 3 is 2.33 bits per heavy atom. The predicted molar refractivity (Wildman–Crippen MR) is 107 cm³/mol. The SMILES string of the molecule is COC(=O)C1=C(C)N=C2SC(C(=O)N(C)C)=C(C)N2[C@H]1c1ccc(C)cc1. The van der Waals surface area contributed by atoms with Crippen LogP contribution in [0, 0.1) is 6.92 Å². The molecule has 142 valence electrons. The molecule has 27 heavy (non-hydrogen) atoms. The number of hydrogen-bond acceptors (Lipinski definition) is 6. The number of methoxy groups -OCH3 is 1. The Bertz CT molecular complexity index is 898. The van der Waals surface area contributed by atoms with E-state index in [0.29, 0.717) is 21.3 Å². The normalized spacial score (nSPS) is 19.1. The highest BCUT2D eigenvalue weighted by molar-refractivity contribution is 8.18. The number of allylic oxidation sites excluding steroid dienone is 2. The summed E-state index contributed by atoms with van der Waals surface area (Å²) in [5, 5.41) is 0.702. The quantitative estimate of drug-likeness (QED) is 0.748. The van der Waals surface area contributed by atoms with Crippen molar-refractivity contribution in [2.75, 3.05) is 21.2 Å². The smallest absolute Gasteiger partial charge is 0.338 e. The average molecular weight is 385 g/mol. The molecule has 0 fully saturated rings. The van der Waals surface area contributed by atoms with Gasteiger partial charge in [-0.05, 0) is 38.1 Å². The number of amidine groups is 1. The maximum Gasteiger partial charge on any atom is 0.338 e. The fourth-order valence-corrected chi connectivity index (χ4v) is 4.44. The molecule has 0 bridgehead atoms. The maximum absolute atomic E-state index is 12.6. The van der Waals surface area contributed by atoms with Crippen molar-refractivity contribution in [2.45, 2.75) is 26.8 Å². The van der Waals surface area contributed by atoms with Crippen LogP contribution in [0.2, 0.25) is 0 Å². The topological polar surface area (TPSA) is 62.2 Å². The van der Waals surface area contributed by atoms with Gasteiger partial charge < -0.3 is 14.5 Å². The van der Waals surface area contributed by atoms with Crippen LogP contribution in [0.3, 0.4) is 0 Å². The van der Waals surface area contributed by atoms with Crippen molar-refractivity contribution in [3.63, 3.8) is 0 Å². The van der Waals surface area contributed by atoms with Crippen LogP contribution >= 0.6 is 11.8 Å². The number of hydrogen-bond donors (Lipinski definition) is 0. The Morgan fingerprint density at radius 1 is 1.15 bits per heavy atom. The van der Waals surface area contributed by atoms with Gasteiger partial charge in [0.1, 0.15) is 0 Å². The number of aryl methyl sites for hydroxylation is 1. The van der Waals surface area contributed by atoms with Crippen LogP contribution in [-0.2, 0) is 14.3 Å². The van der Waals surface area contributed by atoms with E-state index in [1.54, 1.807) is 25.9 Å². The minimum atomic E-state index is -0.411. The molecular weight excluding hydrogens is 362 g/mol. The molecule has 0 saturated carbocycles. The number of aliphatic imine (C=N–C) groups is 1. The first-order valence-corrected chi connectivity index (χ1v) is 9.41. The number of benzene rings is 1. The lowest BCUT2D eigenvalue weighted by atomic mass is 9.93. The molecule has 2 aliphatic heterocycles. The number of likely N-dealkylation sites (N-methyl/N-ethyl adjacent to an activating group) is 1. The lowest BCUT2D eigenvalue weighted by Gasteiger charge is -2.35. The average Bonchev–Trinajstić information content (AvgIpc) is 2.96. The van der Waals surface area contributed by atoms with E-state index in [9.17, 15) is 9.59 Å². The molecule has 0 saturated heterocycles. The largest absolute Gasteiger partial charge is 0.466 e. The minimum absolute atomic E-state index is 0.0745. The monoisotopic (exact) mass is 385 g/mol. The summed E-state index contributed by atoms with van der Waals surface area (Å²) < 4.78 is 5.04. The third-order valence-corrected chi connectivity index (χ3v) is 5.82. The van der Waals surface area contributed by atoms with Gasteiger partial charge in [0.2, 0.25) is 0 Å². The summed E-state index contributed by atoms with van der Waals surface area (Å²) in [6, 6.07) is 7.65. The molecule has 2 aliphatic rings. The number of rotatable bonds is 3. The minimum Gasteiger partial charge on any atom is -0.466 e. The van der Waals surface area contributed by atoms with E-state index in [0.717, 1.165) is 16.8 Å². The zero-order valence-electron chi connectivity index (χ0n) is 16.4. The molecule has 7 heteroatoms. The molecule has 1 amide bonds. The van der Waals surface area contributed by atoms with Gasteiger partial charge in [0.05, 0.1) is 29.3 Å². The van der Waals surface area contributed by atoms with E-state index in [1.165, 1.54) is 18.9 Å². The van der Waals surface area contributed by atoms with Gasteiger partial charge in [0.15, 0.2) is 5.17 Å². The molecule has 0 aliphatic carbocycles. The van der Waals surface area contributed by atoms with Gasteiger partial charge in [-0.1, -0.05) is 29.8 Å². The zero-order chi connectivity index (χ0) is 19.9. The van der Waals surface area contributed by atoms with Crippen molar-refractivity contribution in [1.29, 1.82) is 0 Å². The van der Waals surface area contributed by atoms with Crippen LogP contribution in [-0.4, -0.2) is 48.0 Å². The summed E-state index contributed by atoms with van der Waals surface area (Å²) in [7, 11) is 4.82. The summed E-state index contributed by atoms with van der Waals surface area (Å²) in [5.41, 5.74) is 3.97. The van der Waals surface area contributed by atoms with Gasteiger partial charge in [0, 0.05) is 19.8 Å². The van der Waals surface area contributed by atoms with Crippen molar-refractivity contribution < 1.29 is 14.3 Å². The molecular formula is C20H23N3O3S. The number of amides is 1. The fourth-order valence-electron chi connectivity index (χ4n) is 3.21. The first-order valence-electron chi connectivity index (χ1n) is 8.60. The van der Waals surface area contributed by atoms with E-state index in [2.05, 4.69) is 4.99 Å². The summed E-state index contributed by atoms with van der Waals surface area (Å²) in [4.78, 5) is 33.9. The number of carbonyl (C=O) groups excluding carboxylic acids is 2. The number of esters is 1. The first-order chi connectivity index (χ1) is 12.8. The summed E-state index contributed by atoms with van der Waals surface area (Å²) in [5.74, 6) is -0.486. The van der Waals surface area contributed by atoms with E-state index in [-0.39, 0.29) is 11.9 Å². The van der Waals surface area contributed by atoms with Crippen molar-refractivity contribution in [1.82, 2.24) is 9.80 Å². The predicted octanol–water partition coefficient (Wildman–Crippen LogP) is 3.22. The number of carbonyl (C=O) groups is 2. The van der Waals surface area contributed by atoms with Crippen LogP contribution in [0.1, 0.15) is 31.0 Å². The van der Waals surface area contributed by atoms with Gasteiger partial charge in [-0.25, -0.2) is 9.79 Å². The fraction of sp³-hybridized carbons (Fsp3) is 0.350. The Morgan fingerprint density at radius 2 is 1.78 bits per heavy atom. The van der Waals surface area contributed by atoms with Crippen LogP contribution in [0.4, 0.5) is 0 Å². The Balaban J connectivity index is 2.18. The summed E-state index contributed by atoms with van der Waals surface area (Å²) in [6.07, 6.45) is 0. The van der Waals surface area contributed by atoms with Gasteiger partial charge in [0.25, 0.3) is 5.91 Å². The second-order valence-electron chi connectivity index (χ2n) is 6.78. The molecule has 1 aromatic rings. The molecule has 1 atom stereocenters. The molecule has 0 aromatic heterocycles. The van der Waals surface area contributed by atoms with Crippen molar-refractivity contribution in [3.05, 3.63) is 57.3 Å². The zero-order valence-corrected chi connectivity index (χ0v) is 17.2. The Labute approximate surface area is 163 Å². The highest BCUT2D eigenvalue weighted by Crippen LogP contribution is 2.47. The molecule has 1 aromatic carbocycles. The molecule has 0 N–H and O–H groups in total. The highest BCUT2D eigenvalue weighted by atomic mass is 32.2. The van der Waals surface area contributed by atoms with E-state index < -0.39 is 5.97 Å². The van der Waals surface area contributed by atoms with Crippen LogP contribution < -0.4 is 0 Å². The molecule has 0 unspecified atom stereocenters. The summed E-state index contributed by atoms with van der Waals surface area (Å²) in [6.45, 7) is 5.72. The van der Waals surface area contributed by atoms with Crippen molar-refractivity contribution >= 4 is 28.8 Å². The Hall–Kier alpha value is -2.54. The number of nitrogens with zero attached hydrogens (tertiary/aromatic N) is 3. The molecule has 3 rings (SSSR count). The van der Waals surface area contributed by atoms with E-state index in [1.807, 2.05) is 43.0 Å². The highest BCUT2D eigenvalue weighted by Gasteiger charge is 2.43. The molecule has 6 nitrogen and oxygen atoms in total. The Kier molecular flexibility index (Phi) is 5.15. The molecule has 0 radical (unpaired) electrons. The van der Waals surface area contributed by atoms with Gasteiger partial charge in [-0.15, -0.1) is 0 Å². The lowest BCUT2D eigenvalue weighted by Crippen LogP contribution is -2.36. The third kappa shape index (κ3) is 3.27. The van der Waals surface area contributed by atoms with Crippen LogP contribution in [0.15, 0.2) is 51.1 Å². The molecule has 2 heterocycles. The second-order valence-corrected chi connectivity index (χ2v) is 7.76. The first kappa shape index (κ1) is 19.2. The molecule has 0 spiro atoms. The summed E-state index contributed by atoms with van der Waals surface area (Å²) >= 11 is 1.34. The van der Waals surface area contributed by atoms with E-state index in [4.69, 9.17) is 4.74 Å². The van der Waals surface area contributed by atoms with Crippen LogP contribution in [0.5, 0.6) is 0 Å². The lowest BCUT2D eigenvalue weighted by molar-refractivity contribution is -0.136. The van der Waals surface area contributed by atoms with Gasteiger partial charge in [-0.2, -0.15) is 0 Å². The number of fused-ring (bicyclic) bond motifs is 1. The number of thioether (sulfide) groups is 1. The maximum atomic E-state index is 12.6. The number of ether oxygens (including phenoxy) is 1. The van der Waals surface area contributed by atoms with Crippen molar-refractivity contribution in [3.8, 4) is 0 Å². The van der Waals surface area contributed by atoms with Crippen LogP contribution in [0.25, 0.3) is 0 Å². The van der Waals surface area contributed by atoms with E-state index >= 15 is 0 Å². The van der Waals surface area contributed by atoms with Crippen molar-refractivity contribution in [2.24, 2.45) is 4.99 Å². The second kappa shape index (κ2) is 7.23. The third-order valence-electron chi connectivity index (χ3n) is 4.67.